The number of carbonyl (C=O) groups is 1. The molecule has 1 amide bonds. The number of nitrogens with zero attached hydrogens (tertiary/aromatic N) is 4. The minimum Gasteiger partial charge on any atom is -0.325 e. The van der Waals surface area contributed by atoms with Gasteiger partial charge >= 0.3 is 0 Å². The molecule has 0 saturated carbocycles. The Morgan fingerprint density at radius 1 is 1.43 bits per heavy atom. The van der Waals surface area contributed by atoms with Gasteiger partial charge in [0.05, 0.1) is 12.2 Å². The molecule has 7 heteroatoms. The van der Waals surface area contributed by atoms with Gasteiger partial charge in [0.15, 0.2) is 0 Å². The first kappa shape index (κ1) is 16.0. The topological polar surface area (TPSA) is 63.1 Å². The fourth-order valence-electron chi connectivity index (χ4n) is 3.19. The molecule has 0 spiro atoms. The van der Waals surface area contributed by atoms with Crippen molar-refractivity contribution >= 4 is 23.2 Å². The van der Waals surface area contributed by atoms with Gasteiger partial charge in [-0.1, -0.05) is 11.6 Å². The molecule has 3 rings (SSSR count). The number of nitrogens with one attached hydrogen (secondary N) is 1. The second-order valence-corrected chi connectivity index (χ2v) is 6.18. The molecule has 1 aliphatic heterocycles. The lowest BCUT2D eigenvalue weighted by atomic mass is 10.1. The van der Waals surface area contributed by atoms with Gasteiger partial charge in [0.1, 0.15) is 5.15 Å². The molecule has 0 aliphatic carbocycles. The van der Waals surface area contributed by atoms with E-state index in [0.717, 1.165) is 36.3 Å². The van der Waals surface area contributed by atoms with Crippen LogP contribution in [0.3, 0.4) is 0 Å². The number of halogens is 1. The van der Waals surface area contributed by atoms with E-state index in [2.05, 4.69) is 20.3 Å². The van der Waals surface area contributed by atoms with Gasteiger partial charge in [-0.05, 0) is 38.4 Å². The number of anilines is 1. The van der Waals surface area contributed by atoms with Crippen LogP contribution in [0.5, 0.6) is 0 Å². The summed E-state index contributed by atoms with van der Waals surface area (Å²) in [6.45, 7) is 3.20. The van der Waals surface area contributed by atoms with Crippen LogP contribution in [0.25, 0.3) is 0 Å². The fraction of sp³-hybridized carbons (Fsp3) is 0.438. The van der Waals surface area contributed by atoms with Crippen LogP contribution in [0.15, 0.2) is 24.5 Å². The van der Waals surface area contributed by atoms with E-state index < -0.39 is 0 Å². The zero-order chi connectivity index (χ0) is 16.4. The lowest BCUT2D eigenvalue weighted by molar-refractivity contribution is -0.117. The van der Waals surface area contributed by atoms with Gasteiger partial charge in [0.2, 0.25) is 5.91 Å². The van der Waals surface area contributed by atoms with E-state index in [1.54, 1.807) is 29.2 Å². The maximum absolute atomic E-state index is 12.3. The Kier molecular flexibility index (Phi) is 4.63. The van der Waals surface area contributed by atoms with Crippen molar-refractivity contribution in [3.63, 3.8) is 0 Å². The maximum Gasteiger partial charge on any atom is 0.238 e. The van der Waals surface area contributed by atoms with Gasteiger partial charge in [0.25, 0.3) is 0 Å². The summed E-state index contributed by atoms with van der Waals surface area (Å²) in [4.78, 5) is 18.4. The van der Waals surface area contributed by atoms with Crippen LogP contribution < -0.4 is 5.32 Å². The number of rotatable bonds is 4. The minimum absolute atomic E-state index is 0.0271. The van der Waals surface area contributed by atoms with E-state index in [9.17, 15) is 4.79 Å². The first-order valence-electron chi connectivity index (χ1n) is 7.69. The van der Waals surface area contributed by atoms with Crippen LogP contribution in [-0.4, -0.2) is 38.7 Å². The van der Waals surface area contributed by atoms with Crippen LogP contribution in [-0.2, 0) is 11.8 Å². The zero-order valence-electron chi connectivity index (χ0n) is 13.3. The quantitative estimate of drug-likeness (QED) is 0.934. The summed E-state index contributed by atoms with van der Waals surface area (Å²) in [5.41, 5.74) is 2.74. The summed E-state index contributed by atoms with van der Waals surface area (Å²) in [6, 6.07) is 3.71. The predicted molar refractivity (Wildman–Crippen MR) is 89.4 cm³/mol. The Morgan fingerprint density at radius 2 is 2.17 bits per heavy atom. The van der Waals surface area contributed by atoms with Gasteiger partial charge < -0.3 is 5.32 Å². The zero-order valence-corrected chi connectivity index (χ0v) is 14.0. The fourth-order valence-corrected chi connectivity index (χ4v) is 3.49. The van der Waals surface area contributed by atoms with E-state index in [1.165, 1.54) is 0 Å². The summed E-state index contributed by atoms with van der Waals surface area (Å²) in [7, 11) is 1.84. The number of amides is 1. The molecule has 23 heavy (non-hydrogen) atoms. The van der Waals surface area contributed by atoms with Crippen molar-refractivity contribution in [3.8, 4) is 0 Å². The van der Waals surface area contributed by atoms with Gasteiger partial charge in [0, 0.05) is 36.7 Å². The summed E-state index contributed by atoms with van der Waals surface area (Å²) < 4.78 is 1.69. The summed E-state index contributed by atoms with van der Waals surface area (Å²) in [6.07, 6.45) is 5.37. The van der Waals surface area contributed by atoms with Crippen molar-refractivity contribution in [1.29, 1.82) is 0 Å². The third-order valence-corrected chi connectivity index (χ3v) is 4.65. The molecule has 0 bridgehead atoms. The van der Waals surface area contributed by atoms with Crippen molar-refractivity contribution in [1.82, 2.24) is 19.7 Å². The highest BCUT2D eigenvalue weighted by molar-refractivity contribution is 6.30. The highest BCUT2D eigenvalue weighted by atomic mass is 35.5. The Balaban J connectivity index is 1.71. The van der Waals surface area contributed by atoms with E-state index in [4.69, 9.17) is 11.6 Å². The largest absolute Gasteiger partial charge is 0.325 e. The molecular weight excluding hydrogens is 314 g/mol. The first-order chi connectivity index (χ1) is 11.1. The molecular formula is C16H20ClN5O. The summed E-state index contributed by atoms with van der Waals surface area (Å²) in [5.74, 6) is -0.0271. The van der Waals surface area contributed by atoms with Gasteiger partial charge in [-0.25, -0.2) is 0 Å². The number of aromatic nitrogens is 3. The average molecular weight is 334 g/mol. The van der Waals surface area contributed by atoms with Crippen LogP contribution >= 0.6 is 11.6 Å². The number of hydrogen-bond acceptors (Lipinski definition) is 4. The van der Waals surface area contributed by atoms with Crippen LogP contribution in [0, 0.1) is 6.92 Å². The number of likely N-dealkylation sites (tertiary alicyclic amines) is 1. The second kappa shape index (κ2) is 6.68. The molecule has 1 fully saturated rings. The van der Waals surface area contributed by atoms with E-state index >= 15 is 0 Å². The highest BCUT2D eigenvalue weighted by Crippen LogP contribution is 2.37. The molecule has 2 aromatic rings. The lowest BCUT2D eigenvalue weighted by Gasteiger charge is -2.24. The Hall–Kier alpha value is -1.92. The molecule has 1 unspecified atom stereocenters. The Morgan fingerprint density at radius 3 is 2.83 bits per heavy atom. The van der Waals surface area contributed by atoms with Crippen LogP contribution in [0.2, 0.25) is 5.15 Å². The van der Waals surface area contributed by atoms with E-state index in [-0.39, 0.29) is 11.9 Å². The monoisotopic (exact) mass is 333 g/mol. The molecule has 122 valence electrons. The van der Waals surface area contributed by atoms with Crippen molar-refractivity contribution in [3.05, 3.63) is 40.9 Å². The summed E-state index contributed by atoms with van der Waals surface area (Å²) >= 11 is 6.39. The molecule has 2 aromatic heterocycles. The molecule has 0 radical (unpaired) electrons. The number of aryl methyl sites for hydroxylation is 2. The minimum atomic E-state index is -0.0271. The standard InChI is InChI=1S/C16H20ClN5O/c1-11-15(16(17)21(2)20-11)13-4-3-9-22(13)10-14(23)19-12-5-7-18-8-6-12/h5-8,13H,3-4,9-10H2,1-2H3,(H,18,19,23). The van der Waals surface area contributed by atoms with Gasteiger partial charge in [-0.15, -0.1) is 0 Å². The van der Waals surface area contributed by atoms with E-state index in [1.807, 2.05) is 14.0 Å². The lowest BCUT2D eigenvalue weighted by Crippen LogP contribution is -2.33. The maximum atomic E-state index is 12.3. The molecule has 6 nitrogen and oxygen atoms in total. The second-order valence-electron chi connectivity index (χ2n) is 5.83. The number of hydrogen-bond donors (Lipinski definition) is 1. The third kappa shape index (κ3) is 3.38. The van der Waals surface area contributed by atoms with E-state index in [0.29, 0.717) is 11.7 Å². The normalized spacial score (nSPS) is 18.3. The average Bonchev–Trinajstić information content (AvgIpc) is 3.05. The van der Waals surface area contributed by atoms with Gasteiger partial charge in [-0.3, -0.25) is 19.4 Å². The SMILES string of the molecule is Cc1nn(C)c(Cl)c1C1CCCN1CC(=O)Nc1ccncc1. The molecule has 1 atom stereocenters. The molecule has 3 heterocycles. The van der Waals surface area contributed by atoms with Gasteiger partial charge in [-0.2, -0.15) is 5.10 Å². The van der Waals surface area contributed by atoms with Crippen molar-refractivity contribution in [2.24, 2.45) is 7.05 Å². The molecule has 0 aromatic carbocycles. The van der Waals surface area contributed by atoms with Crippen LogP contribution in [0.1, 0.15) is 30.1 Å². The predicted octanol–water partition coefficient (Wildman–Crippen LogP) is 2.55. The number of pyridine rings is 1. The number of carbonyl (C=O) groups excluding carboxylic acids is 1. The summed E-state index contributed by atoms with van der Waals surface area (Å²) in [5, 5.41) is 7.95. The third-order valence-electron chi connectivity index (χ3n) is 4.20. The Labute approximate surface area is 140 Å². The highest BCUT2D eigenvalue weighted by Gasteiger charge is 2.32. The Bertz CT molecular complexity index is 700. The molecule has 1 saturated heterocycles. The molecule has 1 aliphatic rings. The van der Waals surface area contributed by atoms with Crippen molar-refractivity contribution in [2.75, 3.05) is 18.4 Å². The first-order valence-corrected chi connectivity index (χ1v) is 8.07. The van der Waals surface area contributed by atoms with Crippen molar-refractivity contribution < 1.29 is 4.79 Å². The molecule has 1 N–H and O–H groups in total. The van der Waals surface area contributed by atoms with Crippen LogP contribution in [0.4, 0.5) is 5.69 Å². The smallest absolute Gasteiger partial charge is 0.238 e. The van der Waals surface area contributed by atoms with Crippen molar-refractivity contribution in [2.45, 2.75) is 25.8 Å².